The van der Waals surface area contributed by atoms with Crippen LogP contribution in [-0.4, -0.2) is 116 Å². The predicted octanol–water partition coefficient (Wildman–Crippen LogP) is 5.56. The molecule has 284 valence electrons. The zero-order valence-corrected chi connectivity index (χ0v) is 32.2. The van der Waals surface area contributed by atoms with Crippen LogP contribution in [0.3, 0.4) is 0 Å². The summed E-state index contributed by atoms with van der Waals surface area (Å²) in [6.07, 6.45) is -0.889. The van der Waals surface area contributed by atoms with E-state index >= 15 is 0 Å². The lowest BCUT2D eigenvalue weighted by Crippen LogP contribution is -2.59. The first-order valence-electron chi connectivity index (χ1n) is 18.2. The van der Waals surface area contributed by atoms with Gasteiger partial charge in [0.2, 0.25) is 0 Å². The number of ketones is 2. The highest BCUT2D eigenvalue weighted by atomic mass is 16.7. The van der Waals surface area contributed by atoms with E-state index in [0.29, 0.717) is 12.8 Å². The minimum absolute atomic E-state index is 0.0558. The molecule has 3 saturated heterocycles. The molecule has 3 fully saturated rings. The van der Waals surface area contributed by atoms with Crippen molar-refractivity contribution in [3.8, 4) is 0 Å². The van der Waals surface area contributed by atoms with Crippen molar-refractivity contribution in [3.05, 3.63) is 10.4 Å². The van der Waals surface area contributed by atoms with Crippen LogP contribution < -0.4 is 0 Å². The molecule has 14 heteroatoms. The van der Waals surface area contributed by atoms with Gasteiger partial charge in [0.25, 0.3) is 0 Å². The Kier molecular flexibility index (Phi) is 14.3. The van der Waals surface area contributed by atoms with Gasteiger partial charge in [-0.25, -0.2) is 4.79 Å². The van der Waals surface area contributed by atoms with Crippen molar-refractivity contribution in [2.45, 2.75) is 142 Å². The zero-order chi connectivity index (χ0) is 37.7. The Morgan fingerprint density at radius 3 is 2.26 bits per heavy atom. The number of cyclic esters (lactones) is 1. The van der Waals surface area contributed by atoms with Crippen molar-refractivity contribution in [2.24, 2.45) is 34.7 Å². The molecule has 50 heavy (non-hydrogen) atoms. The van der Waals surface area contributed by atoms with Gasteiger partial charge in [0.1, 0.15) is 17.8 Å². The SMILES string of the molecule is CC[C@H]1OC(=O)[C@H](C)C(=O)[C@H](C)[C@@H](OC2O[C@H](C)C[C@H](N(C)C)C2C)[C@@](C)(OC)C[C@@H](C)C(=O)[C@H](C)[C@H]2N(CCCCN=[N+]=[N-])C(=O)O[C@]12C. The maximum atomic E-state index is 14.5. The normalized spacial score (nSPS) is 40.5. The van der Waals surface area contributed by atoms with Crippen molar-refractivity contribution < 1.29 is 42.9 Å². The number of hydrogen-bond donors (Lipinski definition) is 0. The fourth-order valence-corrected chi connectivity index (χ4v) is 8.55. The van der Waals surface area contributed by atoms with Crippen molar-refractivity contribution in [1.29, 1.82) is 0 Å². The molecule has 0 aromatic carbocycles. The van der Waals surface area contributed by atoms with Gasteiger partial charge in [-0.15, -0.1) is 0 Å². The lowest BCUT2D eigenvalue weighted by Gasteiger charge is -2.47. The van der Waals surface area contributed by atoms with Gasteiger partial charge in [-0.2, -0.15) is 0 Å². The highest BCUT2D eigenvalue weighted by Gasteiger charge is 2.60. The molecule has 2 unspecified atom stereocenters. The molecular formula is C36H61N5O9. The number of unbranched alkanes of at least 4 members (excludes halogenated alkanes) is 1. The molecule has 3 aliphatic heterocycles. The first-order chi connectivity index (χ1) is 23.4. The number of esters is 1. The highest BCUT2D eigenvalue weighted by Crippen LogP contribution is 2.43. The van der Waals surface area contributed by atoms with Gasteiger partial charge >= 0.3 is 12.1 Å². The molecule has 3 rings (SSSR count). The standard InChI is InChI=1S/C36H61N5O9/c1-13-27-36(9)30(41(34(45)50-36)17-15-14-16-38-39-37)23(5)28(42)20(2)19-35(8,46-12)31(24(6)29(43)25(7)32(44)48-27)49-33-22(4)26(40(10)11)18-21(3)47-33/h20-27,30-31,33H,13-19H2,1-12H3/t20-,21-,22?,23+,24+,25-,26+,27-,30-,31-,33?,35+,36-/m1/s1. The van der Waals surface area contributed by atoms with Crippen LogP contribution in [0.1, 0.15) is 94.4 Å². The number of rotatable bonds is 10. The lowest BCUT2D eigenvalue weighted by molar-refractivity contribution is -0.280. The number of nitrogens with zero attached hydrogens (tertiary/aromatic N) is 5. The Labute approximate surface area is 297 Å². The monoisotopic (exact) mass is 707 g/mol. The third kappa shape index (κ3) is 8.63. The highest BCUT2D eigenvalue weighted by molar-refractivity contribution is 6.00. The quantitative estimate of drug-likeness (QED) is 0.0700. The van der Waals surface area contributed by atoms with Crippen LogP contribution >= 0.6 is 0 Å². The number of azide groups is 1. The summed E-state index contributed by atoms with van der Waals surface area (Å²) in [7, 11) is 5.58. The fraction of sp³-hybridized carbons (Fsp3) is 0.889. The molecular weight excluding hydrogens is 646 g/mol. The lowest BCUT2D eigenvalue weighted by atomic mass is 9.73. The first-order valence-corrected chi connectivity index (χ1v) is 18.2. The summed E-state index contributed by atoms with van der Waals surface area (Å²) in [5, 5.41) is 3.58. The van der Waals surface area contributed by atoms with Crippen molar-refractivity contribution in [1.82, 2.24) is 9.80 Å². The number of Topliss-reactive ketones (excluding diaryl/α,β-unsaturated/α-hetero) is 2. The summed E-state index contributed by atoms with van der Waals surface area (Å²) in [6.45, 7) is 16.8. The summed E-state index contributed by atoms with van der Waals surface area (Å²) in [6, 6.07) is -0.618. The van der Waals surface area contributed by atoms with Crippen molar-refractivity contribution in [2.75, 3.05) is 34.3 Å². The van der Waals surface area contributed by atoms with Crippen LogP contribution in [0.4, 0.5) is 4.79 Å². The number of ether oxygens (including phenoxy) is 5. The zero-order valence-electron chi connectivity index (χ0n) is 32.2. The van der Waals surface area contributed by atoms with E-state index in [1.54, 1.807) is 20.8 Å². The predicted molar refractivity (Wildman–Crippen MR) is 186 cm³/mol. The smallest absolute Gasteiger partial charge is 0.410 e. The molecule has 3 aliphatic rings. The average molecular weight is 708 g/mol. The summed E-state index contributed by atoms with van der Waals surface area (Å²) in [5.41, 5.74) is 6.12. The molecule has 0 aromatic rings. The van der Waals surface area contributed by atoms with E-state index in [2.05, 4.69) is 21.8 Å². The van der Waals surface area contributed by atoms with E-state index in [4.69, 9.17) is 29.2 Å². The number of carbonyl (C=O) groups excluding carboxylic acids is 4. The Morgan fingerprint density at radius 1 is 1.02 bits per heavy atom. The van der Waals surface area contributed by atoms with Gasteiger partial charge in [0.05, 0.1) is 23.9 Å². The second-order valence-corrected chi connectivity index (χ2v) is 15.4. The molecule has 0 aromatic heterocycles. The molecule has 1 amide bonds. The van der Waals surface area contributed by atoms with E-state index < -0.39 is 77.3 Å². The third-order valence-corrected chi connectivity index (χ3v) is 11.5. The molecule has 0 bridgehead atoms. The second kappa shape index (κ2) is 17.2. The molecule has 0 aliphatic carbocycles. The van der Waals surface area contributed by atoms with Gasteiger partial charge in [-0.3, -0.25) is 14.4 Å². The molecule has 0 radical (unpaired) electrons. The van der Waals surface area contributed by atoms with Crippen molar-refractivity contribution in [3.63, 3.8) is 0 Å². The van der Waals surface area contributed by atoms with E-state index in [-0.39, 0.29) is 49.8 Å². The number of methoxy groups -OCH3 is 1. The van der Waals surface area contributed by atoms with Gasteiger partial charge in [-0.05, 0) is 79.4 Å². The maximum absolute atomic E-state index is 14.5. The van der Waals surface area contributed by atoms with Gasteiger partial charge < -0.3 is 33.5 Å². The van der Waals surface area contributed by atoms with E-state index in [1.165, 1.54) is 18.9 Å². The Morgan fingerprint density at radius 2 is 1.68 bits per heavy atom. The largest absolute Gasteiger partial charge is 0.458 e. The van der Waals surface area contributed by atoms with E-state index in [1.807, 2.05) is 41.8 Å². The van der Waals surface area contributed by atoms with Crippen LogP contribution in [-0.2, 0) is 38.1 Å². The number of fused-ring (bicyclic) bond motifs is 1. The van der Waals surface area contributed by atoms with Crippen LogP contribution in [0.25, 0.3) is 10.4 Å². The molecule has 0 spiro atoms. The average Bonchev–Trinajstić information content (AvgIpc) is 3.33. The van der Waals surface area contributed by atoms with Crippen LogP contribution in [0.2, 0.25) is 0 Å². The van der Waals surface area contributed by atoms with Crippen LogP contribution in [0, 0.1) is 29.6 Å². The molecule has 0 saturated carbocycles. The minimum atomic E-state index is -1.38. The second-order valence-electron chi connectivity index (χ2n) is 15.4. The van der Waals surface area contributed by atoms with E-state index in [9.17, 15) is 19.2 Å². The van der Waals surface area contributed by atoms with Gasteiger partial charge in [-0.1, -0.05) is 39.7 Å². The maximum Gasteiger partial charge on any atom is 0.410 e. The van der Waals surface area contributed by atoms with E-state index in [0.717, 1.165) is 6.42 Å². The fourth-order valence-electron chi connectivity index (χ4n) is 8.55. The summed E-state index contributed by atoms with van der Waals surface area (Å²) < 4.78 is 31.4. The minimum Gasteiger partial charge on any atom is -0.458 e. The number of hydrogen-bond acceptors (Lipinski definition) is 11. The summed E-state index contributed by atoms with van der Waals surface area (Å²) in [5.74, 6) is -4.65. The number of carbonyl (C=O) groups is 4. The van der Waals surface area contributed by atoms with Crippen LogP contribution in [0.15, 0.2) is 5.11 Å². The topological polar surface area (TPSA) is 170 Å². The summed E-state index contributed by atoms with van der Waals surface area (Å²) in [4.78, 5) is 62.5. The van der Waals surface area contributed by atoms with Crippen LogP contribution in [0.5, 0.6) is 0 Å². The Balaban J connectivity index is 2.10. The third-order valence-electron chi connectivity index (χ3n) is 11.5. The number of amides is 1. The first kappa shape index (κ1) is 41.6. The Hall–Kier alpha value is -2.77. The molecule has 0 N–H and O–H groups in total. The Bertz CT molecular complexity index is 1280. The van der Waals surface area contributed by atoms with Gasteiger partial charge in [0, 0.05) is 54.8 Å². The molecule has 13 atom stereocenters. The molecule has 3 heterocycles. The van der Waals surface area contributed by atoms with Crippen molar-refractivity contribution >= 4 is 23.6 Å². The summed E-state index contributed by atoms with van der Waals surface area (Å²) >= 11 is 0. The van der Waals surface area contributed by atoms with Gasteiger partial charge in [0.15, 0.2) is 17.7 Å². The molecule has 14 nitrogen and oxygen atoms in total.